The van der Waals surface area contributed by atoms with Gasteiger partial charge in [0.15, 0.2) is 0 Å². The number of aliphatic hydroxyl groups is 1. The van der Waals surface area contributed by atoms with E-state index in [2.05, 4.69) is 0 Å². The molecule has 1 unspecified atom stereocenters. The van der Waals surface area contributed by atoms with Crippen LogP contribution in [0.5, 0.6) is 0 Å². The second-order valence-corrected chi connectivity index (χ2v) is 4.52. The first kappa shape index (κ1) is 11.7. The quantitative estimate of drug-likeness (QED) is 0.694. The maximum Gasteiger partial charge on any atom is 0.320 e. The number of piperidine rings is 1. The van der Waals surface area contributed by atoms with Crippen molar-refractivity contribution in [1.82, 2.24) is 9.80 Å². The van der Waals surface area contributed by atoms with Crippen LogP contribution >= 0.6 is 0 Å². The molecule has 0 spiro atoms. The van der Waals surface area contributed by atoms with E-state index in [1.165, 1.54) is 0 Å². The van der Waals surface area contributed by atoms with Crippen molar-refractivity contribution in [2.45, 2.75) is 12.8 Å². The standard InChI is InChI=1S/C11H20N2O3/c14-9-10-2-1-3-13(8-10)11(15)12-4-6-16-7-5-12/h10,14H,1-9H2. The number of amides is 2. The Bertz CT molecular complexity index is 241. The summed E-state index contributed by atoms with van der Waals surface area (Å²) < 4.78 is 5.23. The molecule has 1 atom stereocenters. The maximum atomic E-state index is 12.1. The molecule has 0 saturated carbocycles. The van der Waals surface area contributed by atoms with Gasteiger partial charge in [-0.05, 0) is 18.8 Å². The fourth-order valence-electron chi connectivity index (χ4n) is 2.34. The van der Waals surface area contributed by atoms with E-state index in [0.717, 1.165) is 19.4 Å². The Morgan fingerprint density at radius 3 is 2.69 bits per heavy atom. The maximum absolute atomic E-state index is 12.1. The van der Waals surface area contributed by atoms with Gasteiger partial charge in [0.2, 0.25) is 0 Å². The summed E-state index contributed by atoms with van der Waals surface area (Å²) >= 11 is 0. The molecule has 2 fully saturated rings. The third-order valence-electron chi connectivity index (χ3n) is 3.33. The van der Waals surface area contributed by atoms with Crippen molar-refractivity contribution >= 4 is 6.03 Å². The van der Waals surface area contributed by atoms with Crippen LogP contribution in [0, 0.1) is 5.92 Å². The minimum Gasteiger partial charge on any atom is -0.396 e. The minimum absolute atomic E-state index is 0.112. The van der Waals surface area contributed by atoms with Crippen LogP contribution in [0.4, 0.5) is 4.79 Å². The Morgan fingerprint density at radius 1 is 1.25 bits per heavy atom. The van der Waals surface area contributed by atoms with Gasteiger partial charge in [0, 0.05) is 32.8 Å². The smallest absolute Gasteiger partial charge is 0.320 e. The van der Waals surface area contributed by atoms with E-state index in [0.29, 0.717) is 32.8 Å². The van der Waals surface area contributed by atoms with E-state index in [9.17, 15) is 4.79 Å². The molecule has 0 aliphatic carbocycles. The monoisotopic (exact) mass is 228 g/mol. The Labute approximate surface area is 96.0 Å². The largest absolute Gasteiger partial charge is 0.396 e. The first-order chi connectivity index (χ1) is 7.81. The summed E-state index contributed by atoms with van der Waals surface area (Å²) in [7, 11) is 0. The highest BCUT2D eigenvalue weighted by Crippen LogP contribution is 2.17. The molecule has 2 heterocycles. The van der Waals surface area contributed by atoms with Crippen molar-refractivity contribution in [1.29, 1.82) is 0 Å². The van der Waals surface area contributed by atoms with Gasteiger partial charge in [-0.25, -0.2) is 4.79 Å². The highest BCUT2D eigenvalue weighted by Gasteiger charge is 2.27. The molecule has 1 N–H and O–H groups in total. The molecule has 2 aliphatic rings. The SMILES string of the molecule is O=C(N1CCOCC1)N1CCCC(CO)C1. The van der Waals surface area contributed by atoms with Crippen LogP contribution in [-0.4, -0.2) is 66.9 Å². The predicted molar refractivity (Wildman–Crippen MR) is 59.2 cm³/mol. The average Bonchev–Trinajstić information content (AvgIpc) is 2.39. The van der Waals surface area contributed by atoms with Crippen LogP contribution in [0.25, 0.3) is 0 Å². The number of rotatable bonds is 1. The van der Waals surface area contributed by atoms with E-state index in [1.807, 2.05) is 9.80 Å². The number of carbonyl (C=O) groups excluding carboxylic acids is 1. The zero-order valence-electron chi connectivity index (χ0n) is 9.60. The lowest BCUT2D eigenvalue weighted by Crippen LogP contribution is -2.51. The lowest BCUT2D eigenvalue weighted by atomic mass is 9.99. The predicted octanol–water partition coefficient (Wildman–Crippen LogP) is 0.143. The second-order valence-electron chi connectivity index (χ2n) is 4.52. The molecule has 2 saturated heterocycles. The molecular weight excluding hydrogens is 208 g/mol. The first-order valence-corrected chi connectivity index (χ1v) is 6.03. The number of hydrogen-bond donors (Lipinski definition) is 1. The fourth-order valence-corrected chi connectivity index (χ4v) is 2.34. The summed E-state index contributed by atoms with van der Waals surface area (Å²) in [5.41, 5.74) is 0. The van der Waals surface area contributed by atoms with Gasteiger partial charge in [0.25, 0.3) is 0 Å². The molecule has 2 amide bonds. The number of ether oxygens (including phenoxy) is 1. The summed E-state index contributed by atoms with van der Waals surface area (Å²) in [5.74, 6) is 0.263. The van der Waals surface area contributed by atoms with Crippen LogP contribution in [0.1, 0.15) is 12.8 Å². The topological polar surface area (TPSA) is 53.0 Å². The molecule has 92 valence electrons. The summed E-state index contributed by atoms with van der Waals surface area (Å²) in [6.45, 7) is 4.39. The van der Waals surface area contributed by atoms with Gasteiger partial charge in [-0.3, -0.25) is 0 Å². The van der Waals surface area contributed by atoms with Crippen LogP contribution < -0.4 is 0 Å². The van der Waals surface area contributed by atoms with Gasteiger partial charge in [-0.2, -0.15) is 0 Å². The molecule has 2 aliphatic heterocycles. The number of carbonyl (C=O) groups is 1. The second kappa shape index (κ2) is 5.50. The molecule has 2 rings (SSSR count). The summed E-state index contributed by atoms with van der Waals surface area (Å²) in [5, 5.41) is 9.13. The normalized spacial score (nSPS) is 26.9. The van der Waals surface area contributed by atoms with E-state index < -0.39 is 0 Å². The summed E-state index contributed by atoms with van der Waals surface area (Å²) in [4.78, 5) is 15.9. The highest BCUT2D eigenvalue weighted by atomic mass is 16.5. The number of likely N-dealkylation sites (tertiary alicyclic amines) is 1. The number of aliphatic hydroxyl groups excluding tert-OH is 1. The molecule has 0 aromatic carbocycles. The van der Waals surface area contributed by atoms with E-state index in [-0.39, 0.29) is 18.6 Å². The zero-order valence-corrected chi connectivity index (χ0v) is 9.60. The van der Waals surface area contributed by atoms with Crippen LogP contribution in [-0.2, 0) is 4.74 Å². The van der Waals surface area contributed by atoms with Crippen molar-refractivity contribution in [2.75, 3.05) is 46.0 Å². The Morgan fingerprint density at radius 2 is 2.00 bits per heavy atom. The third kappa shape index (κ3) is 2.65. The fraction of sp³-hybridized carbons (Fsp3) is 0.909. The van der Waals surface area contributed by atoms with Gasteiger partial charge in [0.1, 0.15) is 0 Å². The summed E-state index contributed by atoms with van der Waals surface area (Å²) in [6.07, 6.45) is 2.03. The van der Waals surface area contributed by atoms with Gasteiger partial charge < -0.3 is 19.6 Å². The van der Waals surface area contributed by atoms with Crippen molar-refractivity contribution < 1.29 is 14.6 Å². The van der Waals surface area contributed by atoms with Crippen molar-refractivity contribution in [3.8, 4) is 0 Å². The molecule has 5 heteroatoms. The molecular formula is C11H20N2O3. The first-order valence-electron chi connectivity index (χ1n) is 6.03. The molecule has 0 radical (unpaired) electrons. The highest BCUT2D eigenvalue weighted by molar-refractivity contribution is 5.74. The zero-order chi connectivity index (χ0) is 11.4. The Balaban J connectivity index is 1.87. The molecule has 0 aromatic heterocycles. The number of hydrogen-bond acceptors (Lipinski definition) is 3. The van der Waals surface area contributed by atoms with Gasteiger partial charge in [0.05, 0.1) is 13.2 Å². The van der Waals surface area contributed by atoms with Crippen LogP contribution in [0.2, 0.25) is 0 Å². The Hall–Kier alpha value is -0.810. The van der Waals surface area contributed by atoms with Gasteiger partial charge in [-0.1, -0.05) is 0 Å². The van der Waals surface area contributed by atoms with Gasteiger partial charge >= 0.3 is 6.03 Å². The van der Waals surface area contributed by atoms with E-state index >= 15 is 0 Å². The van der Waals surface area contributed by atoms with Crippen molar-refractivity contribution in [3.63, 3.8) is 0 Å². The van der Waals surface area contributed by atoms with Crippen molar-refractivity contribution in [2.24, 2.45) is 5.92 Å². The number of urea groups is 1. The lowest BCUT2D eigenvalue weighted by molar-refractivity contribution is 0.0368. The molecule has 0 bridgehead atoms. The number of morpholine rings is 1. The molecule has 5 nitrogen and oxygen atoms in total. The van der Waals surface area contributed by atoms with Crippen molar-refractivity contribution in [3.05, 3.63) is 0 Å². The Kier molecular flexibility index (Phi) is 4.01. The minimum atomic E-state index is 0.112. The third-order valence-corrected chi connectivity index (χ3v) is 3.33. The van der Waals surface area contributed by atoms with Crippen LogP contribution in [0.3, 0.4) is 0 Å². The molecule has 0 aromatic rings. The van der Waals surface area contributed by atoms with Gasteiger partial charge in [-0.15, -0.1) is 0 Å². The lowest BCUT2D eigenvalue weighted by Gasteiger charge is -2.37. The van der Waals surface area contributed by atoms with E-state index in [1.54, 1.807) is 0 Å². The molecule has 16 heavy (non-hydrogen) atoms. The average molecular weight is 228 g/mol. The number of nitrogens with zero attached hydrogens (tertiary/aromatic N) is 2. The van der Waals surface area contributed by atoms with Crippen LogP contribution in [0.15, 0.2) is 0 Å². The van der Waals surface area contributed by atoms with E-state index in [4.69, 9.17) is 9.84 Å². The summed E-state index contributed by atoms with van der Waals surface area (Å²) in [6, 6.07) is 0.112.